The van der Waals surface area contributed by atoms with Crippen molar-refractivity contribution in [2.75, 3.05) is 0 Å². The molecule has 3 aromatic rings. The summed E-state index contributed by atoms with van der Waals surface area (Å²) in [5.74, 6) is 1.28. The van der Waals surface area contributed by atoms with Crippen LogP contribution in [0.25, 0.3) is 10.9 Å². The summed E-state index contributed by atoms with van der Waals surface area (Å²) < 4.78 is 5.84. The fourth-order valence-corrected chi connectivity index (χ4v) is 2.13. The molecule has 0 unspecified atom stereocenters. The first-order chi connectivity index (χ1) is 9.76. The first-order valence-corrected chi connectivity index (χ1v) is 6.50. The number of pyridine rings is 1. The second-order valence-corrected chi connectivity index (χ2v) is 4.71. The van der Waals surface area contributed by atoms with Gasteiger partial charge in [0.1, 0.15) is 5.75 Å². The third kappa shape index (κ3) is 2.49. The van der Waals surface area contributed by atoms with Crippen LogP contribution in [0.4, 0.5) is 0 Å². The molecule has 0 fully saturated rings. The van der Waals surface area contributed by atoms with E-state index in [2.05, 4.69) is 11.1 Å². The van der Waals surface area contributed by atoms with Gasteiger partial charge < -0.3 is 9.84 Å². The van der Waals surface area contributed by atoms with Crippen molar-refractivity contribution in [3.05, 3.63) is 65.7 Å². The zero-order valence-corrected chi connectivity index (χ0v) is 11.2. The van der Waals surface area contributed by atoms with Crippen LogP contribution in [-0.2, 0) is 6.61 Å². The first kappa shape index (κ1) is 12.6. The molecule has 100 valence electrons. The Hall–Kier alpha value is -2.39. The predicted octanol–water partition coefficient (Wildman–Crippen LogP) is 3.83. The third-order valence-corrected chi connectivity index (χ3v) is 3.16. The van der Waals surface area contributed by atoms with E-state index in [1.54, 1.807) is 0 Å². The highest BCUT2D eigenvalue weighted by Crippen LogP contribution is 2.26. The van der Waals surface area contributed by atoms with Crippen molar-refractivity contribution < 1.29 is 9.84 Å². The molecular weight excluding hydrogens is 250 g/mol. The molecule has 2 aromatic carbocycles. The fraction of sp³-hybridized carbons (Fsp3) is 0.118. The Morgan fingerprint density at radius 3 is 2.75 bits per heavy atom. The molecule has 0 saturated carbocycles. The molecule has 0 saturated heterocycles. The second-order valence-electron chi connectivity index (χ2n) is 4.71. The van der Waals surface area contributed by atoms with Gasteiger partial charge in [0.05, 0.1) is 12.1 Å². The summed E-state index contributed by atoms with van der Waals surface area (Å²) >= 11 is 0. The summed E-state index contributed by atoms with van der Waals surface area (Å²) in [4.78, 5) is 4.54. The number of aryl methyl sites for hydroxylation is 1. The number of para-hydroxylation sites is 1. The van der Waals surface area contributed by atoms with Crippen molar-refractivity contribution in [2.45, 2.75) is 13.5 Å². The van der Waals surface area contributed by atoms with Crippen molar-refractivity contribution in [3.8, 4) is 11.6 Å². The number of aliphatic hydroxyl groups is 1. The highest BCUT2D eigenvalue weighted by molar-refractivity contribution is 5.80. The predicted molar refractivity (Wildman–Crippen MR) is 78.9 cm³/mol. The van der Waals surface area contributed by atoms with Crippen molar-refractivity contribution in [1.29, 1.82) is 0 Å². The van der Waals surface area contributed by atoms with Crippen LogP contribution in [0, 0.1) is 6.92 Å². The lowest BCUT2D eigenvalue weighted by atomic mass is 10.1. The van der Waals surface area contributed by atoms with E-state index in [-0.39, 0.29) is 6.61 Å². The Labute approximate surface area is 117 Å². The van der Waals surface area contributed by atoms with Crippen LogP contribution in [0.5, 0.6) is 11.6 Å². The zero-order chi connectivity index (χ0) is 13.9. The standard InChI is InChI=1S/C17H15NO2/c1-12-9-14-6-2-3-8-16(14)18-17(12)20-15-7-4-5-13(10-15)11-19/h2-10,19H,11H2,1H3. The van der Waals surface area contributed by atoms with Gasteiger partial charge in [0.2, 0.25) is 5.88 Å². The molecular formula is C17H15NO2. The molecule has 0 aliphatic heterocycles. The fourth-order valence-electron chi connectivity index (χ4n) is 2.13. The Morgan fingerprint density at radius 2 is 1.90 bits per heavy atom. The minimum atomic E-state index is 0.00132. The Bertz CT molecular complexity index is 753. The van der Waals surface area contributed by atoms with Gasteiger partial charge in [0, 0.05) is 10.9 Å². The average Bonchev–Trinajstić information content (AvgIpc) is 2.48. The molecule has 0 radical (unpaired) electrons. The summed E-state index contributed by atoms with van der Waals surface area (Å²) in [7, 11) is 0. The normalized spacial score (nSPS) is 10.7. The monoisotopic (exact) mass is 265 g/mol. The molecule has 1 heterocycles. The number of benzene rings is 2. The number of hydrogen-bond donors (Lipinski definition) is 1. The van der Waals surface area contributed by atoms with Crippen molar-refractivity contribution >= 4 is 10.9 Å². The minimum Gasteiger partial charge on any atom is -0.439 e. The number of hydrogen-bond acceptors (Lipinski definition) is 3. The van der Waals surface area contributed by atoms with Crippen LogP contribution in [0.15, 0.2) is 54.6 Å². The second kappa shape index (κ2) is 5.31. The molecule has 0 aliphatic rings. The van der Waals surface area contributed by atoms with Crippen molar-refractivity contribution in [1.82, 2.24) is 4.98 Å². The quantitative estimate of drug-likeness (QED) is 0.782. The van der Waals surface area contributed by atoms with E-state index >= 15 is 0 Å². The van der Waals surface area contributed by atoms with Gasteiger partial charge in [-0.2, -0.15) is 0 Å². The maximum absolute atomic E-state index is 9.15. The summed E-state index contributed by atoms with van der Waals surface area (Å²) in [5.41, 5.74) is 2.71. The molecule has 0 aliphatic carbocycles. The lowest BCUT2D eigenvalue weighted by molar-refractivity contribution is 0.281. The van der Waals surface area contributed by atoms with E-state index in [1.165, 1.54) is 0 Å². The molecule has 20 heavy (non-hydrogen) atoms. The van der Waals surface area contributed by atoms with Crippen LogP contribution in [0.3, 0.4) is 0 Å². The van der Waals surface area contributed by atoms with Crippen LogP contribution in [0.2, 0.25) is 0 Å². The van der Waals surface area contributed by atoms with Gasteiger partial charge in [-0.15, -0.1) is 0 Å². The van der Waals surface area contributed by atoms with Crippen molar-refractivity contribution in [3.63, 3.8) is 0 Å². The van der Waals surface area contributed by atoms with Gasteiger partial charge >= 0.3 is 0 Å². The van der Waals surface area contributed by atoms with Gasteiger partial charge in [0.15, 0.2) is 0 Å². The van der Waals surface area contributed by atoms with Gasteiger partial charge in [-0.05, 0) is 36.8 Å². The third-order valence-electron chi connectivity index (χ3n) is 3.16. The SMILES string of the molecule is Cc1cc2ccccc2nc1Oc1cccc(CO)c1. The number of aromatic nitrogens is 1. The number of ether oxygens (including phenoxy) is 1. The zero-order valence-electron chi connectivity index (χ0n) is 11.2. The average molecular weight is 265 g/mol. The number of nitrogens with zero attached hydrogens (tertiary/aromatic N) is 1. The molecule has 3 heteroatoms. The van der Waals surface area contributed by atoms with Gasteiger partial charge in [-0.3, -0.25) is 0 Å². The Balaban J connectivity index is 1.99. The van der Waals surface area contributed by atoms with Crippen LogP contribution < -0.4 is 4.74 Å². The Morgan fingerprint density at radius 1 is 1.05 bits per heavy atom. The highest BCUT2D eigenvalue weighted by atomic mass is 16.5. The van der Waals surface area contributed by atoms with E-state index in [0.29, 0.717) is 11.6 Å². The van der Waals surface area contributed by atoms with E-state index in [4.69, 9.17) is 9.84 Å². The smallest absolute Gasteiger partial charge is 0.222 e. The van der Waals surface area contributed by atoms with Crippen LogP contribution in [-0.4, -0.2) is 10.1 Å². The van der Waals surface area contributed by atoms with E-state index in [1.807, 2.05) is 55.5 Å². The number of aliphatic hydroxyl groups excluding tert-OH is 1. The summed E-state index contributed by atoms with van der Waals surface area (Å²) in [6.45, 7) is 1.98. The van der Waals surface area contributed by atoms with E-state index in [0.717, 1.165) is 22.0 Å². The van der Waals surface area contributed by atoms with Gasteiger partial charge in [-0.25, -0.2) is 4.98 Å². The van der Waals surface area contributed by atoms with Gasteiger partial charge in [0.25, 0.3) is 0 Å². The lowest BCUT2D eigenvalue weighted by Gasteiger charge is -2.09. The Kier molecular flexibility index (Phi) is 3.35. The lowest BCUT2D eigenvalue weighted by Crippen LogP contribution is -1.93. The summed E-state index contributed by atoms with van der Waals surface area (Å²) in [6.07, 6.45) is 0. The molecule has 0 bridgehead atoms. The van der Waals surface area contributed by atoms with E-state index < -0.39 is 0 Å². The van der Waals surface area contributed by atoms with Crippen molar-refractivity contribution in [2.24, 2.45) is 0 Å². The number of fused-ring (bicyclic) bond motifs is 1. The molecule has 0 amide bonds. The summed E-state index contributed by atoms with van der Waals surface area (Å²) in [6, 6.07) is 17.4. The maximum Gasteiger partial charge on any atom is 0.222 e. The molecule has 0 atom stereocenters. The topological polar surface area (TPSA) is 42.4 Å². The van der Waals surface area contributed by atoms with E-state index in [9.17, 15) is 0 Å². The highest BCUT2D eigenvalue weighted by Gasteiger charge is 2.06. The largest absolute Gasteiger partial charge is 0.439 e. The maximum atomic E-state index is 9.15. The molecule has 1 aromatic heterocycles. The first-order valence-electron chi connectivity index (χ1n) is 6.50. The van der Waals surface area contributed by atoms with Crippen LogP contribution in [0.1, 0.15) is 11.1 Å². The molecule has 3 rings (SSSR count). The van der Waals surface area contributed by atoms with Crippen LogP contribution >= 0.6 is 0 Å². The molecule has 0 spiro atoms. The minimum absolute atomic E-state index is 0.00132. The molecule has 3 nitrogen and oxygen atoms in total. The number of rotatable bonds is 3. The summed E-state index contributed by atoms with van der Waals surface area (Å²) in [5, 5.41) is 10.3. The molecule has 1 N–H and O–H groups in total. The van der Waals surface area contributed by atoms with Gasteiger partial charge in [-0.1, -0.05) is 30.3 Å².